The molecule has 0 spiro atoms. The third-order valence-corrected chi connectivity index (χ3v) is 4.94. The second-order valence-corrected chi connectivity index (χ2v) is 6.64. The van der Waals surface area contributed by atoms with Gasteiger partial charge in [-0.25, -0.2) is 0 Å². The van der Waals surface area contributed by atoms with E-state index < -0.39 is 0 Å². The van der Waals surface area contributed by atoms with Crippen molar-refractivity contribution in [2.24, 2.45) is 11.7 Å². The van der Waals surface area contributed by atoms with Crippen LogP contribution in [0.2, 0.25) is 0 Å². The standard InChI is InChI=1S/C16H25N3S/c1-3-19(11-12-7-5-8-12)13-9-6-10-14(20-4-2)15(13)16(17)18/h6,9-10,12H,3-5,7-8,11H2,1-2H3,(H3,17,18). The van der Waals surface area contributed by atoms with E-state index in [2.05, 4.69) is 36.9 Å². The zero-order valence-corrected chi connectivity index (χ0v) is 13.3. The summed E-state index contributed by atoms with van der Waals surface area (Å²) in [6.07, 6.45) is 4.05. The largest absolute Gasteiger partial charge is 0.384 e. The smallest absolute Gasteiger partial charge is 0.126 e. The molecule has 2 rings (SSSR count). The van der Waals surface area contributed by atoms with E-state index >= 15 is 0 Å². The number of nitrogen functional groups attached to an aromatic ring is 1. The van der Waals surface area contributed by atoms with Crippen LogP contribution in [0.25, 0.3) is 0 Å². The summed E-state index contributed by atoms with van der Waals surface area (Å²) < 4.78 is 0. The number of hydrogen-bond acceptors (Lipinski definition) is 3. The Morgan fingerprint density at radius 2 is 2.15 bits per heavy atom. The highest BCUT2D eigenvalue weighted by Gasteiger charge is 2.22. The zero-order valence-electron chi connectivity index (χ0n) is 12.5. The predicted octanol–water partition coefficient (Wildman–Crippen LogP) is 3.71. The zero-order chi connectivity index (χ0) is 14.5. The van der Waals surface area contributed by atoms with Crippen molar-refractivity contribution in [3.05, 3.63) is 23.8 Å². The summed E-state index contributed by atoms with van der Waals surface area (Å²) in [7, 11) is 0. The molecule has 0 heterocycles. The first-order chi connectivity index (χ1) is 9.67. The maximum atomic E-state index is 7.94. The van der Waals surface area contributed by atoms with E-state index in [4.69, 9.17) is 11.1 Å². The summed E-state index contributed by atoms with van der Waals surface area (Å²) in [6, 6.07) is 6.27. The average Bonchev–Trinajstić information content (AvgIpc) is 2.37. The summed E-state index contributed by atoms with van der Waals surface area (Å²) in [4.78, 5) is 3.52. The minimum Gasteiger partial charge on any atom is -0.384 e. The lowest BCUT2D eigenvalue weighted by atomic mass is 9.85. The molecular formula is C16H25N3S. The number of benzene rings is 1. The van der Waals surface area contributed by atoms with Crippen molar-refractivity contribution in [3.8, 4) is 0 Å². The van der Waals surface area contributed by atoms with Gasteiger partial charge in [0, 0.05) is 23.7 Å². The van der Waals surface area contributed by atoms with Crippen LogP contribution < -0.4 is 10.6 Å². The number of rotatable bonds is 7. The molecule has 0 aromatic heterocycles. The van der Waals surface area contributed by atoms with Gasteiger partial charge in [0.15, 0.2) is 0 Å². The first-order valence-electron chi connectivity index (χ1n) is 7.52. The van der Waals surface area contributed by atoms with Crippen LogP contribution in [-0.2, 0) is 0 Å². The molecule has 0 radical (unpaired) electrons. The van der Waals surface area contributed by atoms with Gasteiger partial charge in [-0.15, -0.1) is 11.8 Å². The highest BCUT2D eigenvalue weighted by Crippen LogP contribution is 2.33. The van der Waals surface area contributed by atoms with Crippen LogP contribution in [-0.4, -0.2) is 24.7 Å². The van der Waals surface area contributed by atoms with Crippen LogP contribution in [0.3, 0.4) is 0 Å². The Morgan fingerprint density at radius 3 is 2.65 bits per heavy atom. The summed E-state index contributed by atoms with van der Waals surface area (Å²) in [5.74, 6) is 2.00. The van der Waals surface area contributed by atoms with Crippen LogP contribution in [0.15, 0.2) is 23.1 Å². The van der Waals surface area contributed by atoms with Crippen molar-refractivity contribution in [2.45, 2.75) is 38.0 Å². The van der Waals surface area contributed by atoms with Crippen LogP contribution in [0, 0.1) is 11.3 Å². The Morgan fingerprint density at radius 1 is 1.40 bits per heavy atom. The topological polar surface area (TPSA) is 53.1 Å². The van der Waals surface area contributed by atoms with Gasteiger partial charge in [0.05, 0.1) is 5.56 Å². The molecule has 3 N–H and O–H groups in total. The van der Waals surface area contributed by atoms with Crippen molar-refractivity contribution < 1.29 is 0 Å². The Hall–Kier alpha value is -1.16. The first-order valence-corrected chi connectivity index (χ1v) is 8.51. The van der Waals surface area contributed by atoms with Gasteiger partial charge in [-0.1, -0.05) is 19.4 Å². The number of thioether (sulfide) groups is 1. The molecule has 0 atom stereocenters. The Balaban J connectivity index is 2.31. The van der Waals surface area contributed by atoms with Crippen LogP contribution in [0.1, 0.15) is 38.7 Å². The predicted molar refractivity (Wildman–Crippen MR) is 89.1 cm³/mol. The molecule has 3 nitrogen and oxygen atoms in total. The van der Waals surface area contributed by atoms with E-state index in [9.17, 15) is 0 Å². The highest BCUT2D eigenvalue weighted by atomic mass is 32.2. The van der Waals surface area contributed by atoms with Crippen molar-refractivity contribution in [2.75, 3.05) is 23.7 Å². The molecule has 4 heteroatoms. The molecule has 1 aliphatic rings. The molecule has 1 fully saturated rings. The van der Waals surface area contributed by atoms with Crippen molar-refractivity contribution in [3.63, 3.8) is 0 Å². The second-order valence-electron chi connectivity index (χ2n) is 5.33. The third-order valence-electron chi connectivity index (χ3n) is 4.00. The number of nitrogens with two attached hydrogens (primary N) is 1. The van der Waals surface area contributed by atoms with Crippen LogP contribution >= 0.6 is 11.8 Å². The van der Waals surface area contributed by atoms with E-state index in [0.717, 1.165) is 40.9 Å². The summed E-state index contributed by atoms with van der Waals surface area (Å²) in [5.41, 5.74) is 7.91. The van der Waals surface area contributed by atoms with E-state index in [-0.39, 0.29) is 5.84 Å². The van der Waals surface area contributed by atoms with E-state index in [0.29, 0.717) is 0 Å². The molecule has 1 saturated carbocycles. The minimum atomic E-state index is 0.184. The quantitative estimate of drug-likeness (QED) is 0.457. The van der Waals surface area contributed by atoms with Gasteiger partial charge >= 0.3 is 0 Å². The van der Waals surface area contributed by atoms with Crippen molar-refractivity contribution >= 4 is 23.3 Å². The molecule has 0 amide bonds. The van der Waals surface area contributed by atoms with Gasteiger partial charge in [-0.2, -0.15) is 0 Å². The number of nitrogens with zero attached hydrogens (tertiary/aromatic N) is 1. The number of hydrogen-bond donors (Lipinski definition) is 2. The van der Waals surface area contributed by atoms with Crippen molar-refractivity contribution in [1.29, 1.82) is 5.41 Å². The van der Waals surface area contributed by atoms with Gasteiger partial charge in [0.25, 0.3) is 0 Å². The van der Waals surface area contributed by atoms with Gasteiger partial charge in [0.1, 0.15) is 5.84 Å². The van der Waals surface area contributed by atoms with Crippen LogP contribution in [0.5, 0.6) is 0 Å². The highest BCUT2D eigenvalue weighted by molar-refractivity contribution is 7.99. The normalized spacial score (nSPS) is 14.9. The first kappa shape index (κ1) is 15.2. The Bertz CT molecular complexity index is 469. The minimum absolute atomic E-state index is 0.184. The van der Waals surface area contributed by atoms with Gasteiger partial charge in [0.2, 0.25) is 0 Å². The van der Waals surface area contributed by atoms with E-state index in [1.807, 2.05) is 0 Å². The fourth-order valence-electron chi connectivity index (χ4n) is 2.71. The lowest BCUT2D eigenvalue weighted by molar-refractivity contribution is 0.318. The molecule has 1 aromatic rings. The number of nitrogens with one attached hydrogen (secondary N) is 1. The average molecular weight is 291 g/mol. The van der Waals surface area contributed by atoms with E-state index in [1.54, 1.807) is 11.8 Å². The lowest BCUT2D eigenvalue weighted by Gasteiger charge is -2.34. The fourth-order valence-corrected chi connectivity index (χ4v) is 3.56. The Labute approximate surface area is 126 Å². The van der Waals surface area contributed by atoms with E-state index in [1.165, 1.54) is 19.3 Å². The second kappa shape index (κ2) is 7.02. The lowest BCUT2D eigenvalue weighted by Crippen LogP contribution is -2.34. The molecule has 0 saturated heterocycles. The third kappa shape index (κ3) is 3.29. The maximum absolute atomic E-state index is 7.94. The molecule has 0 unspecified atom stereocenters. The SMILES string of the molecule is CCSc1cccc(N(CC)CC2CCC2)c1C(=N)N. The molecule has 0 bridgehead atoms. The Kier molecular flexibility index (Phi) is 5.35. The summed E-state index contributed by atoms with van der Waals surface area (Å²) in [6.45, 7) is 6.38. The molecule has 20 heavy (non-hydrogen) atoms. The van der Waals surface area contributed by atoms with Crippen LogP contribution in [0.4, 0.5) is 5.69 Å². The number of amidine groups is 1. The van der Waals surface area contributed by atoms with Gasteiger partial charge in [-0.05, 0) is 43.6 Å². The monoisotopic (exact) mass is 291 g/mol. The van der Waals surface area contributed by atoms with Crippen molar-refractivity contribution in [1.82, 2.24) is 0 Å². The fraction of sp³-hybridized carbons (Fsp3) is 0.562. The molecule has 110 valence electrons. The number of anilines is 1. The molecule has 1 aliphatic carbocycles. The maximum Gasteiger partial charge on any atom is 0.126 e. The summed E-state index contributed by atoms with van der Waals surface area (Å²) in [5, 5.41) is 7.94. The van der Waals surface area contributed by atoms with Gasteiger partial charge < -0.3 is 10.6 Å². The summed E-state index contributed by atoms with van der Waals surface area (Å²) >= 11 is 1.76. The molecular weight excluding hydrogens is 266 g/mol. The molecule has 1 aromatic carbocycles. The van der Waals surface area contributed by atoms with Gasteiger partial charge in [-0.3, -0.25) is 5.41 Å². The molecule has 0 aliphatic heterocycles.